The summed E-state index contributed by atoms with van der Waals surface area (Å²) in [6.45, 7) is 0. The summed E-state index contributed by atoms with van der Waals surface area (Å²) >= 11 is 3.97. The van der Waals surface area contributed by atoms with Gasteiger partial charge in [0.15, 0.2) is 15.1 Å². The molecule has 0 saturated heterocycles. The molecule has 0 N–H and O–H groups in total. The first-order valence-electron chi connectivity index (χ1n) is 1.39. The second kappa shape index (κ2) is 1.57. The highest BCUT2D eigenvalue weighted by Crippen LogP contribution is 2.11. The summed E-state index contributed by atoms with van der Waals surface area (Å²) in [5.41, 5.74) is 0. The smallest absolute Gasteiger partial charge is 0.103 e. The zero-order valence-electron chi connectivity index (χ0n) is 2.90. The number of aromatic nitrogens is 2. The molecule has 0 radical (unpaired) electrons. The topological polar surface area (TPSA) is 25.8 Å². The van der Waals surface area contributed by atoms with E-state index in [4.69, 9.17) is 0 Å². The van der Waals surface area contributed by atoms with Crippen molar-refractivity contribution in [2.24, 2.45) is 0 Å². The summed E-state index contributed by atoms with van der Waals surface area (Å²) in [4.78, 5) is 0. The third-order valence-corrected chi connectivity index (χ3v) is 1.59. The quantitative estimate of drug-likeness (QED) is 0.312. The first-order valence-corrected chi connectivity index (χ1v) is 3.69. The molecule has 0 aliphatic rings. The molecule has 0 aromatic carbocycles. The van der Waals surface area contributed by atoms with Crippen LogP contribution in [0.25, 0.3) is 0 Å². The van der Waals surface area contributed by atoms with Crippen LogP contribution in [-0.4, -0.2) is 9.59 Å². The maximum atomic E-state index is 3.97. The Kier molecular flexibility index (Phi) is 1.07. The molecular weight excluding hydrogens is 116 g/mol. The highest BCUT2D eigenvalue weighted by atomic mass is 33.1. The Morgan fingerprint density at radius 3 is 2.67 bits per heavy atom. The summed E-state index contributed by atoms with van der Waals surface area (Å²) in [5, 5.41) is 5.38. The fourth-order valence-corrected chi connectivity index (χ4v) is 0.843. The third-order valence-electron chi connectivity index (χ3n) is 0.380. The molecule has 0 bridgehead atoms. The summed E-state index contributed by atoms with van der Waals surface area (Å²) < 4.78 is 3.64. The second-order valence-corrected chi connectivity index (χ2v) is 2.92. The van der Waals surface area contributed by atoms with Crippen molar-refractivity contribution in [3.63, 3.8) is 0 Å². The highest BCUT2D eigenvalue weighted by Gasteiger charge is 1.91. The lowest BCUT2D eigenvalue weighted by Gasteiger charge is -1.47. The predicted octanol–water partition coefficient (Wildman–Crippen LogP) is 0.919. The average molecular weight is 119 g/mol. The molecule has 1 aromatic rings. The summed E-state index contributed by atoms with van der Waals surface area (Å²) in [5.74, 6) is 0. The van der Waals surface area contributed by atoms with Crippen LogP contribution >= 0.6 is 21.4 Å². The molecule has 32 valence electrons. The largest absolute Gasteiger partial charge is 0.198 e. The third kappa shape index (κ3) is 0.693. The van der Waals surface area contributed by atoms with Crippen molar-refractivity contribution >= 4 is 21.4 Å². The number of rotatable bonds is 0. The van der Waals surface area contributed by atoms with E-state index in [1.807, 2.05) is 5.38 Å². The van der Waals surface area contributed by atoms with Crippen molar-refractivity contribution in [1.29, 1.82) is 0 Å². The van der Waals surface area contributed by atoms with E-state index in [0.717, 1.165) is 0 Å². The van der Waals surface area contributed by atoms with Gasteiger partial charge in [0.05, 0.1) is 4.49 Å². The van der Waals surface area contributed by atoms with Crippen LogP contribution in [0, 0.1) is 0 Å². The molecule has 0 spiro atoms. The predicted molar refractivity (Wildman–Crippen MR) is 28.9 cm³/mol. The van der Waals surface area contributed by atoms with Gasteiger partial charge < -0.3 is 0 Å². The monoisotopic (exact) mass is 119 g/mol. The van der Waals surface area contributed by atoms with Gasteiger partial charge in [-0.15, -0.1) is 5.10 Å². The Hall–Kier alpha value is -0.0900. The zero-order valence-corrected chi connectivity index (χ0v) is 4.62. The fraction of sp³-hybridized carbons (Fsp3) is 0. The number of hydrogen-bond acceptors (Lipinski definition) is 3. The van der Waals surface area contributed by atoms with Crippen LogP contribution in [0.2, 0.25) is 0 Å². The van der Waals surface area contributed by atoms with Gasteiger partial charge in [-0.2, -0.15) is 0 Å². The van der Waals surface area contributed by atoms with Crippen molar-refractivity contribution in [3.8, 4) is 0 Å². The van der Waals surface area contributed by atoms with Gasteiger partial charge in [-0.05, 0) is 0 Å². The van der Waals surface area contributed by atoms with E-state index in [1.54, 1.807) is 6.20 Å². The molecular formula is C2H3N2S2+. The Balaban J connectivity index is 3.05. The van der Waals surface area contributed by atoms with Crippen LogP contribution in [0.4, 0.5) is 0 Å². The molecule has 0 saturated carbocycles. The minimum absolute atomic E-state index is 0.201. The lowest BCUT2D eigenvalue weighted by molar-refractivity contribution is 1.16. The Morgan fingerprint density at radius 2 is 2.50 bits per heavy atom. The van der Waals surface area contributed by atoms with Gasteiger partial charge in [0.25, 0.3) is 0 Å². The van der Waals surface area contributed by atoms with Crippen molar-refractivity contribution in [1.82, 2.24) is 9.59 Å². The molecule has 0 aliphatic heterocycles. The molecule has 2 nitrogen and oxygen atoms in total. The molecule has 1 aromatic heterocycles. The normalized spacial score (nSPS) is 11.8. The van der Waals surface area contributed by atoms with E-state index in [9.17, 15) is 0 Å². The number of thiol groups is 1. The van der Waals surface area contributed by atoms with Crippen LogP contribution in [0.5, 0.6) is 0 Å². The van der Waals surface area contributed by atoms with E-state index in [0.29, 0.717) is 0 Å². The van der Waals surface area contributed by atoms with Crippen molar-refractivity contribution in [2.45, 2.75) is 0 Å². The van der Waals surface area contributed by atoms with E-state index in [-0.39, 0.29) is 9.70 Å². The first-order chi connectivity index (χ1) is 2.89. The summed E-state index contributed by atoms with van der Waals surface area (Å²) in [6, 6.07) is 0. The van der Waals surface area contributed by atoms with Gasteiger partial charge in [-0.25, -0.2) is 0 Å². The van der Waals surface area contributed by atoms with Gasteiger partial charge in [-0.3, -0.25) is 0 Å². The van der Waals surface area contributed by atoms with Gasteiger partial charge in [0.2, 0.25) is 0 Å². The second-order valence-electron chi connectivity index (χ2n) is 0.775. The van der Waals surface area contributed by atoms with Crippen LogP contribution in [0.3, 0.4) is 0 Å². The first kappa shape index (κ1) is 4.08. The maximum Gasteiger partial charge on any atom is 0.198 e. The Morgan fingerprint density at radius 1 is 1.67 bits per heavy atom. The van der Waals surface area contributed by atoms with E-state index >= 15 is 0 Å². The number of nitrogens with zero attached hydrogens (tertiary/aromatic N) is 2. The van der Waals surface area contributed by atoms with Gasteiger partial charge in [0, 0.05) is 0 Å². The molecule has 4 heteroatoms. The number of hydrogen-bond donors (Lipinski definition) is 1. The van der Waals surface area contributed by atoms with Crippen LogP contribution in [-0.2, 0) is 0 Å². The molecule has 0 amide bonds. The highest BCUT2D eigenvalue weighted by molar-refractivity contribution is 8.32. The Labute approximate surface area is 43.1 Å². The Bertz CT molecular complexity index is 113. The van der Waals surface area contributed by atoms with E-state index in [1.165, 1.54) is 0 Å². The van der Waals surface area contributed by atoms with Crippen LogP contribution < -0.4 is 0 Å². The lowest BCUT2D eigenvalue weighted by Crippen LogP contribution is -1.53. The zero-order chi connectivity index (χ0) is 4.41. The SMILES string of the molecule is S[s+]1ccnn1. The minimum atomic E-state index is -0.201. The van der Waals surface area contributed by atoms with Crippen molar-refractivity contribution in [3.05, 3.63) is 11.6 Å². The van der Waals surface area contributed by atoms with Crippen LogP contribution in [0.15, 0.2) is 11.6 Å². The molecule has 1 unspecified atom stereocenters. The van der Waals surface area contributed by atoms with E-state index in [2.05, 4.69) is 21.2 Å². The standard InChI is InChI=1S/C2H3N2S2/c5-6-2-1-3-4-6/h1-2,5H/q+1. The maximum absolute atomic E-state index is 3.97. The fourth-order valence-electron chi connectivity index (χ4n) is 0.184. The van der Waals surface area contributed by atoms with Gasteiger partial charge >= 0.3 is 0 Å². The minimum Gasteiger partial charge on any atom is -0.103 e. The molecule has 1 atom stereocenters. The molecule has 0 aliphatic carbocycles. The lowest BCUT2D eigenvalue weighted by atomic mass is 11.1. The van der Waals surface area contributed by atoms with Crippen LogP contribution in [0.1, 0.15) is 0 Å². The van der Waals surface area contributed by atoms with Crippen molar-refractivity contribution < 1.29 is 0 Å². The van der Waals surface area contributed by atoms with Crippen molar-refractivity contribution in [2.75, 3.05) is 0 Å². The average Bonchev–Trinajstić information content (AvgIpc) is 1.86. The van der Waals surface area contributed by atoms with Gasteiger partial charge in [0.1, 0.15) is 17.9 Å². The summed E-state index contributed by atoms with van der Waals surface area (Å²) in [7, 11) is -0.201. The molecule has 6 heavy (non-hydrogen) atoms. The molecule has 1 rings (SSSR count). The summed E-state index contributed by atoms with van der Waals surface area (Å²) in [6.07, 6.45) is 1.65. The molecule has 0 fully saturated rings. The van der Waals surface area contributed by atoms with E-state index < -0.39 is 0 Å². The molecule has 1 heterocycles. The van der Waals surface area contributed by atoms with Gasteiger partial charge in [-0.1, -0.05) is 0 Å².